The molecule has 1 heterocycles. The second kappa shape index (κ2) is 6.65. The van der Waals surface area contributed by atoms with Crippen LogP contribution >= 0.6 is 11.3 Å². The first-order chi connectivity index (χ1) is 10.4. The molecule has 2 aromatic rings. The zero-order valence-electron chi connectivity index (χ0n) is 12.1. The van der Waals surface area contributed by atoms with Crippen molar-refractivity contribution >= 4 is 23.2 Å². The number of amides is 1. The van der Waals surface area contributed by atoms with Crippen LogP contribution < -0.4 is 5.32 Å². The van der Waals surface area contributed by atoms with Crippen LogP contribution in [0.25, 0.3) is 0 Å². The summed E-state index contributed by atoms with van der Waals surface area (Å²) in [5.74, 6) is -1.81. The van der Waals surface area contributed by atoms with E-state index in [0.717, 1.165) is 11.3 Å². The molecule has 116 valence electrons. The third-order valence-electron chi connectivity index (χ3n) is 3.06. The van der Waals surface area contributed by atoms with E-state index in [4.69, 9.17) is 5.11 Å². The van der Waals surface area contributed by atoms with E-state index in [1.807, 2.05) is 0 Å². The molecule has 1 amide bonds. The van der Waals surface area contributed by atoms with Gasteiger partial charge in [0, 0.05) is 0 Å². The SMILES string of the molecule is Cc1nc([C@H](C)NC(=O)Cc2ccccc2F)sc1C(=O)O. The highest BCUT2D eigenvalue weighted by molar-refractivity contribution is 7.13. The predicted molar refractivity (Wildman–Crippen MR) is 80.5 cm³/mol. The van der Waals surface area contributed by atoms with Crippen LogP contribution in [-0.4, -0.2) is 22.0 Å². The number of aromatic nitrogens is 1. The van der Waals surface area contributed by atoms with Gasteiger partial charge in [-0.2, -0.15) is 0 Å². The van der Waals surface area contributed by atoms with Gasteiger partial charge in [-0.3, -0.25) is 4.79 Å². The summed E-state index contributed by atoms with van der Waals surface area (Å²) < 4.78 is 13.5. The van der Waals surface area contributed by atoms with Gasteiger partial charge < -0.3 is 10.4 Å². The van der Waals surface area contributed by atoms with Crippen molar-refractivity contribution < 1.29 is 19.1 Å². The van der Waals surface area contributed by atoms with E-state index in [0.29, 0.717) is 16.3 Å². The maximum Gasteiger partial charge on any atom is 0.347 e. The number of thiazole rings is 1. The Balaban J connectivity index is 2.04. The predicted octanol–water partition coefficient (Wildman–Crippen LogP) is 2.71. The molecule has 2 N–H and O–H groups in total. The van der Waals surface area contributed by atoms with Gasteiger partial charge in [0.2, 0.25) is 5.91 Å². The average Bonchev–Trinajstić information content (AvgIpc) is 2.83. The number of nitrogens with zero attached hydrogens (tertiary/aromatic N) is 1. The summed E-state index contributed by atoms with van der Waals surface area (Å²) in [7, 11) is 0. The highest BCUT2D eigenvalue weighted by Crippen LogP contribution is 2.23. The van der Waals surface area contributed by atoms with Crippen molar-refractivity contribution in [3.8, 4) is 0 Å². The Hall–Kier alpha value is -2.28. The van der Waals surface area contributed by atoms with Crippen LogP contribution in [-0.2, 0) is 11.2 Å². The van der Waals surface area contributed by atoms with Crippen LogP contribution in [0.2, 0.25) is 0 Å². The zero-order chi connectivity index (χ0) is 16.3. The normalized spacial score (nSPS) is 12.0. The molecule has 0 unspecified atom stereocenters. The molecule has 2 rings (SSSR count). The van der Waals surface area contributed by atoms with E-state index in [2.05, 4.69) is 10.3 Å². The van der Waals surface area contributed by atoms with Gasteiger partial charge in [-0.05, 0) is 25.5 Å². The summed E-state index contributed by atoms with van der Waals surface area (Å²) in [5.41, 5.74) is 0.733. The fraction of sp³-hybridized carbons (Fsp3) is 0.267. The van der Waals surface area contributed by atoms with Crippen molar-refractivity contribution in [3.05, 3.63) is 51.2 Å². The minimum atomic E-state index is -1.04. The topological polar surface area (TPSA) is 79.3 Å². The van der Waals surface area contributed by atoms with Crippen LogP contribution in [0.1, 0.15) is 38.9 Å². The molecule has 5 nitrogen and oxygen atoms in total. The molecule has 0 aliphatic rings. The number of hydrogen-bond donors (Lipinski definition) is 2. The first-order valence-electron chi connectivity index (χ1n) is 6.62. The molecule has 0 aliphatic heterocycles. The van der Waals surface area contributed by atoms with E-state index in [-0.39, 0.29) is 17.2 Å². The van der Waals surface area contributed by atoms with Gasteiger partial charge in [0.15, 0.2) is 0 Å². The van der Waals surface area contributed by atoms with E-state index < -0.39 is 17.8 Å². The lowest BCUT2D eigenvalue weighted by molar-refractivity contribution is -0.121. The van der Waals surface area contributed by atoms with Crippen LogP contribution in [0.5, 0.6) is 0 Å². The molecule has 0 aliphatic carbocycles. The number of halogens is 1. The molecule has 0 saturated heterocycles. The number of carbonyl (C=O) groups excluding carboxylic acids is 1. The van der Waals surface area contributed by atoms with E-state index in [1.54, 1.807) is 32.0 Å². The van der Waals surface area contributed by atoms with Gasteiger partial charge in [-0.1, -0.05) is 18.2 Å². The number of carboxylic acid groups (broad SMARTS) is 1. The zero-order valence-corrected chi connectivity index (χ0v) is 12.9. The molecule has 0 fully saturated rings. The van der Waals surface area contributed by atoms with Crippen molar-refractivity contribution in [1.82, 2.24) is 10.3 Å². The lowest BCUT2D eigenvalue weighted by atomic mass is 10.1. The lowest BCUT2D eigenvalue weighted by Gasteiger charge is -2.11. The number of benzene rings is 1. The van der Waals surface area contributed by atoms with Gasteiger partial charge in [0.05, 0.1) is 18.2 Å². The number of rotatable bonds is 5. The van der Waals surface area contributed by atoms with Crippen molar-refractivity contribution in [3.63, 3.8) is 0 Å². The van der Waals surface area contributed by atoms with Gasteiger partial charge in [-0.15, -0.1) is 11.3 Å². The monoisotopic (exact) mass is 322 g/mol. The summed E-state index contributed by atoms with van der Waals surface area (Å²) >= 11 is 1.03. The van der Waals surface area contributed by atoms with Crippen molar-refractivity contribution in [2.24, 2.45) is 0 Å². The molecular weight excluding hydrogens is 307 g/mol. The summed E-state index contributed by atoms with van der Waals surface area (Å²) in [5, 5.41) is 12.2. The summed E-state index contributed by atoms with van der Waals surface area (Å²) in [6, 6.07) is 5.64. The number of hydrogen-bond acceptors (Lipinski definition) is 4. The number of aryl methyl sites for hydroxylation is 1. The van der Waals surface area contributed by atoms with Crippen LogP contribution in [0.4, 0.5) is 4.39 Å². The highest BCUT2D eigenvalue weighted by atomic mass is 32.1. The van der Waals surface area contributed by atoms with Crippen molar-refractivity contribution in [2.45, 2.75) is 26.3 Å². The number of nitrogens with one attached hydrogen (secondary N) is 1. The van der Waals surface area contributed by atoms with Crippen molar-refractivity contribution in [1.29, 1.82) is 0 Å². The van der Waals surface area contributed by atoms with Crippen LogP contribution in [0.15, 0.2) is 24.3 Å². The standard InChI is InChI=1S/C15H15FN2O3S/c1-8-13(15(20)21)22-14(18-8)9(2)17-12(19)7-10-5-3-4-6-11(10)16/h3-6,9H,7H2,1-2H3,(H,17,19)(H,20,21)/t9-/m0/s1. The molecule has 0 radical (unpaired) electrons. The quantitative estimate of drug-likeness (QED) is 0.887. The third kappa shape index (κ3) is 3.67. The lowest BCUT2D eigenvalue weighted by Crippen LogP contribution is -2.28. The molecule has 1 aromatic carbocycles. The van der Waals surface area contributed by atoms with Crippen LogP contribution in [0.3, 0.4) is 0 Å². The Labute approximate surface area is 130 Å². The van der Waals surface area contributed by atoms with Gasteiger partial charge in [-0.25, -0.2) is 14.2 Å². The molecule has 0 spiro atoms. The third-order valence-corrected chi connectivity index (χ3v) is 4.39. The first kappa shape index (κ1) is 16.1. The van der Waals surface area contributed by atoms with Gasteiger partial charge in [0.25, 0.3) is 0 Å². The molecular formula is C15H15FN2O3S. The molecule has 1 atom stereocenters. The van der Waals surface area contributed by atoms with Gasteiger partial charge >= 0.3 is 5.97 Å². The van der Waals surface area contributed by atoms with Crippen molar-refractivity contribution in [2.75, 3.05) is 0 Å². The molecule has 7 heteroatoms. The molecule has 1 aromatic heterocycles. The van der Waals surface area contributed by atoms with E-state index >= 15 is 0 Å². The number of aromatic carboxylic acids is 1. The smallest absolute Gasteiger partial charge is 0.347 e. The number of carboxylic acids is 1. The van der Waals surface area contributed by atoms with Gasteiger partial charge in [0.1, 0.15) is 15.7 Å². The summed E-state index contributed by atoms with van der Waals surface area (Å²) in [6.45, 7) is 3.32. The second-order valence-corrected chi connectivity index (χ2v) is 5.86. The maximum absolute atomic E-state index is 13.5. The Morgan fingerprint density at radius 2 is 2.09 bits per heavy atom. The highest BCUT2D eigenvalue weighted by Gasteiger charge is 2.19. The number of carbonyl (C=O) groups is 2. The molecule has 0 bridgehead atoms. The molecule has 22 heavy (non-hydrogen) atoms. The fourth-order valence-electron chi connectivity index (χ4n) is 1.97. The average molecular weight is 322 g/mol. The first-order valence-corrected chi connectivity index (χ1v) is 7.43. The van der Waals surface area contributed by atoms with E-state index in [9.17, 15) is 14.0 Å². The Bertz CT molecular complexity index is 715. The Morgan fingerprint density at radius 3 is 2.68 bits per heavy atom. The van der Waals surface area contributed by atoms with Crippen LogP contribution in [0, 0.1) is 12.7 Å². The Kier molecular flexibility index (Phi) is 4.87. The largest absolute Gasteiger partial charge is 0.477 e. The minimum Gasteiger partial charge on any atom is -0.477 e. The maximum atomic E-state index is 13.5. The Morgan fingerprint density at radius 1 is 1.41 bits per heavy atom. The minimum absolute atomic E-state index is 0.0762. The molecule has 0 saturated carbocycles. The fourth-order valence-corrected chi connectivity index (χ4v) is 2.88. The summed E-state index contributed by atoms with van der Waals surface area (Å²) in [6.07, 6.45) is -0.0762. The second-order valence-electron chi connectivity index (χ2n) is 4.83. The summed E-state index contributed by atoms with van der Waals surface area (Å²) in [4.78, 5) is 27.3. The van der Waals surface area contributed by atoms with E-state index in [1.165, 1.54) is 6.07 Å².